The maximum absolute atomic E-state index is 13.1. The zero-order valence-corrected chi connectivity index (χ0v) is 10.2. The van der Waals surface area contributed by atoms with Crippen LogP contribution in [0.25, 0.3) is 0 Å². The van der Waals surface area contributed by atoms with Crippen LogP contribution in [0.5, 0.6) is 5.75 Å². The summed E-state index contributed by atoms with van der Waals surface area (Å²) in [5.41, 5.74) is 2.12. The average Bonchev–Trinajstić information content (AvgIpc) is 2.40. The first-order valence-electron chi connectivity index (χ1n) is 5.46. The van der Waals surface area contributed by atoms with Crippen molar-refractivity contribution in [3.63, 3.8) is 0 Å². The van der Waals surface area contributed by atoms with E-state index in [4.69, 9.17) is 4.74 Å². The van der Waals surface area contributed by atoms with Gasteiger partial charge in [0.25, 0.3) is 0 Å². The van der Waals surface area contributed by atoms with Crippen molar-refractivity contribution in [3.05, 3.63) is 59.2 Å². The molecule has 0 aliphatic rings. The first kappa shape index (κ1) is 12.1. The molecule has 1 heterocycles. The summed E-state index contributed by atoms with van der Waals surface area (Å²) in [5, 5.41) is 0. The summed E-state index contributed by atoms with van der Waals surface area (Å²) in [5.74, 6) is 6.38. The predicted octanol–water partition coefficient (Wildman–Crippen LogP) is 2.94. The molecule has 0 amide bonds. The quantitative estimate of drug-likeness (QED) is 0.716. The van der Waals surface area contributed by atoms with E-state index in [0.717, 1.165) is 11.1 Å². The number of aryl methyl sites for hydroxylation is 1. The van der Waals surface area contributed by atoms with Gasteiger partial charge in [0.05, 0.1) is 13.3 Å². The lowest BCUT2D eigenvalue weighted by atomic mass is 10.1. The summed E-state index contributed by atoms with van der Waals surface area (Å²) in [4.78, 5) is 4.01. The van der Waals surface area contributed by atoms with Gasteiger partial charge in [-0.15, -0.1) is 0 Å². The number of ether oxygens (including phenoxy) is 1. The smallest absolute Gasteiger partial charge is 0.138 e. The van der Waals surface area contributed by atoms with Crippen LogP contribution in [0.2, 0.25) is 0 Å². The molecule has 2 aromatic rings. The van der Waals surface area contributed by atoms with Crippen molar-refractivity contribution in [3.8, 4) is 17.6 Å². The molecule has 0 fully saturated rings. The molecule has 0 N–H and O–H groups in total. The molecule has 0 aliphatic carbocycles. The summed E-state index contributed by atoms with van der Waals surface area (Å²) >= 11 is 0. The Bertz CT molecular complexity index is 626. The summed E-state index contributed by atoms with van der Waals surface area (Å²) < 4.78 is 18.1. The zero-order chi connectivity index (χ0) is 13.0. The maximum atomic E-state index is 13.1. The fraction of sp³-hybridized carbons (Fsp3) is 0.133. The Morgan fingerprint density at radius 3 is 2.61 bits per heavy atom. The van der Waals surface area contributed by atoms with Crippen LogP contribution in [-0.4, -0.2) is 12.1 Å². The van der Waals surface area contributed by atoms with Gasteiger partial charge in [0.2, 0.25) is 0 Å². The third-order valence-electron chi connectivity index (χ3n) is 2.46. The molecular weight excluding hydrogens is 229 g/mol. The van der Waals surface area contributed by atoms with E-state index in [1.807, 2.05) is 0 Å². The fourth-order valence-corrected chi connectivity index (χ4v) is 1.47. The number of methoxy groups -OCH3 is 1. The van der Waals surface area contributed by atoms with Crippen LogP contribution in [0.3, 0.4) is 0 Å². The van der Waals surface area contributed by atoms with Gasteiger partial charge in [-0.1, -0.05) is 11.8 Å². The molecule has 0 radical (unpaired) electrons. The molecule has 2 nitrogen and oxygen atoms in total. The Morgan fingerprint density at radius 1 is 1.11 bits per heavy atom. The van der Waals surface area contributed by atoms with Crippen molar-refractivity contribution in [2.45, 2.75) is 6.92 Å². The minimum Gasteiger partial charge on any atom is -0.495 e. The third kappa shape index (κ3) is 2.86. The van der Waals surface area contributed by atoms with Gasteiger partial charge in [0.15, 0.2) is 0 Å². The summed E-state index contributed by atoms with van der Waals surface area (Å²) in [7, 11) is 1.58. The number of halogens is 1. The zero-order valence-electron chi connectivity index (χ0n) is 10.2. The van der Waals surface area contributed by atoms with E-state index in [-0.39, 0.29) is 5.82 Å². The fourth-order valence-electron chi connectivity index (χ4n) is 1.47. The molecule has 3 heteroatoms. The van der Waals surface area contributed by atoms with Crippen LogP contribution in [0, 0.1) is 24.6 Å². The molecule has 1 aromatic carbocycles. The molecule has 1 aromatic heterocycles. The number of nitrogens with zero attached hydrogens (tertiary/aromatic N) is 1. The van der Waals surface area contributed by atoms with Crippen molar-refractivity contribution >= 4 is 0 Å². The SMILES string of the molecule is COc1cncc(C#Cc2ccc(F)c(C)c2)c1. The van der Waals surface area contributed by atoms with Gasteiger partial charge < -0.3 is 4.74 Å². The monoisotopic (exact) mass is 241 g/mol. The van der Waals surface area contributed by atoms with Crippen molar-refractivity contribution in [1.29, 1.82) is 0 Å². The number of benzene rings is 1. The highest BCUT2D eigenvalue weighted by atomic mass is 19.1. The first-order chi connectivity index (χ1) is 8.69. The number of rotatable bonds is 1. The number of aromatic nitrogens is 1. The highest BCUT2D eigenvalue weighted by Crippen LogP contribution is 2.10. The molecule has 0 saturated heterocycles. The largest absolute Gasteiger partial charge is 0.495 e. The van der Waals surface area contributed by atoms with E-state index in [2.05, 4.69) is 16.8 Å². The van der Waals surface area contributed by atoms with Crippen molar-refractivity contribution in [2.75, 3.05) is 7.11 Å². The van der Waals surface area contributed by atoms with E-state index in [1.54, 1.807) is 44.6 Å². The first-order valence-corrected chi connectivity index (χ1v) is 5.46. The normalized spacial score (nSPS) is 9.50. The summed E-state index contributed by atoms with van der Waals surface area (Å²) in [6.07, 6.45) is 3.28. The Kier molecular flexibility index (Phi) is 3.59. The van der Waals surface area contributed by atoms with Gasteiger partial charge in [-0.3, -0.25) is 4.98 Å². The molecule has 0 atom stereocenters. The molecule has 2 rings (SSSR count). The third-order valence-corrected chi connectivity index (χ3v) is 2.46. The number of pyridine rings is 1. The van der Waals surface area contributed by atoms with Crippen molar-refractivity contribution in [1.82, 2.24) is 4.98 Å². The second kappa shape index (κ2) is 5.33. The lowest BCUT2D eigenvalue weighted by Crippen LogP contribution is -1.86. The van der Waals surface area contributed by atoms with E-state index in [0.29, 0.717) is 11.3 Å². The summed E-state index contributed by atoms with van der Waals surface area (Å²) in [6.45, 7) is 1.72. The van der Waals surface area contributed by atoms with Crippen LogP contribution in [-0.2, 0) is 0 Å². The van der Waals surface area contributed by atoms with E-state index >= 15 is 0 Å². The van der Waals surface area contributed by atoms with Crippen LogP contribution < -0.4 is 4.74 Å². The highest BCUT2D eigenvalue weighted by Gasteiger charge is 1.96. The molecule has 18 heavy (non-hydrogen) atoms. The van der Waals surface area contributed by atoms with Gasteiger partial charge in [-0.05, 0) is 36.8 Å². The minimum atomic E-state index is -0.219. The topological polar surface area (TPSA) is 22.1 Å². The van der Waals surface area contributed by atoms with E-state index in [1.165, 1.54) is 6.07 Å². The molecule has 0 bridgehead atoms. The van der Waals surface area contributed by atoms with Crippen LogP contribution in [0.4, 0.5) is 4.39 Å². The predicted molar refractivity (Wildman–Crippen MR) is 67.9 cm³/mol. The number of hydrogen-bond donors (Lipinski definition) is 0. The lowest BCUT2D eigenvalue weighted by Gasteiger charge is -1.98. The number of hydrogen-bond acceptors (Lipinski definition) is 2. The molecule has 90 valence electrons. The van der Waals surface area contributed by atoms with Crippen molar-refractivity contribution < 1.29 is 9.13 Å². The van der Waals surface area contributed by atoms with Gasteiger partial charge in [-0.2, -0.15) is 0 Å². The second-order valence-electron chi connectivity index (χ2n) is 3.83. The Labute approximate surface area is 105 Å². The highest BCUT2D eigenvalue weighted by molar-refractivity contribution is 5.44. The van der Waals surface area contributed by atoms with Crippen molar-refractivity contribution in [2.24, 2.45) is 0 Å². The van der Waals surface area contributed by atoms with Gasteiger partial charge in [0, 0.05) is 17.3 Å². The maximum Gasteiger partial charge on any atom is 0.138 e. The van der Waals surface area contributed by atoms with Crippen LogP contribution in [0.15, 0.2) is 36.7 Å². The average molecular weight is 241 g/mol. The van der Waals surface area contributed by atoms with E-state index < -0.39 is 0 Å². The van der Waals surface area contributed by atoms with Gasteiger partial charge >= 0.3 is 0 Å². The molecule has 0 saturated carbocycles. The molecule has 0 spiro atoms. The molecular formula is C15H12FNO. The van der Waals surface area contributed by atoms with Gasteiger partial charge in [-0.25, -0.2) is 4.39 Å². The lowest BCUT2D eigenvalue weighted by molar-refractivity contribution is 0.413. The standard InChI is InChI=1S/C15H12FNO/c1-11-7-12(5-6-15(11)16)3-4-13-8-14(18-2)10-17-9-13/h5-10H,1-2H3. The Hall–Kier alpha value is -2.34. The van der Waals surface area contributed by atoms with Gasteiger partial charge in [0.1, 0.15) is 11.6 Å². The van der Waals surface area contributed by atoms with Crippen LogP contribution in [0.1, 0.15) is 16.7 Å². The van der Waals surface area contributed by atoms with E-state index in [9.17, 15) is 4.39 Å². The Balaban J connectivity index is 2.27. The Morgan fingerprint density at radius 2 is 1.89 bits per heavy atom. The summed E-state index contributed by atoms with van der Waals surface area (Å²) in [6, 6.07) is 6.60. The molecule has 0 unspecified atom stereocenters. The minimum absolute atomic E-state index is 0.219. The van der Waals surface area contributed by atoms with Crippen LogP contribution >= 0.6 is 0 Å². The second-order valence-corrected chi connectivity index (χ2v) is 3.83. The molecule has 0 aliphatic heterocycles.